The average molecular weight is 567 g/mol. The van der Waals surface area contributed by atoms with Crippen LogP contribution in [0.1, 0.15) is 29.2 Å². The van der Waals surface area contributed by atoms with Gasteiger partial charge in [0.15, 0.2) is 5.57 Å². The minimum Gasteiger partial charge on any atom is -0.432 e. The summed E-state index contributed by atoms with van der Waals surface area (Å²) in [4.78, 5) is 8.29. The first-order valence-electron chi connectivity index (χ1n) is 11.5. The number of alkyl halides is 6. The standard InChI is InChI=1S/C28H15F6N5O2/c1-13-4-16(8-19(6-13)27(29,30)31)21-23(40-25(38-21)15(3)10-35)24-22(39-26(41-24)18(11-36)12-37)17-5-14(2)7-20(9-17)28(32,33)34/h4-9H,1-3H3/b24-23+,25-15-. The monoisotopic (exact) mass is 567 g/mol. The lowest BCUT2D eigenvalue weighted by Crippen LogP contribution is -2.06. The van der Waals surface area contributed by atoms with E-state index in [0.29, 0.717) is 0 Å². The van der Waals surface area contributed by atoms with Crippen LogP contribution in [-0.2, 0) is 12.4 Å². The van der Waals surface area contributed by atoms with Gasteiger partial charge in [0.1, 0.15) is 29.6 Å². The van der Waals surface area contributed by atoms with Gasteiger partial charge in [0.25, 0.3) is 0 Å². The van der Waals surface area contributed by atoms with Crippen LogP contribution in [0.2, 0.25) is 0 Å². The van der Waals surface area contributed by atoms with Crippen LogP contribution in [0.15, 0.2) is 45.2 Å². The van der Waals surface area contributed by atoms with Gasteiger partial charge in [-0.3, -0.25) is 0 Å². The van der Waals surface area contributed by atoms with E-state index >= 15 is 0 Å². The summed E-state index contributed by atoms with van der Waals surface area (Å²) in [5.74, 6) is 0. The number of oxazole rings is 2. The molecule has 0 amide bonds. The second kappa shape index (κ2) is 10.3. The Morgan fingerprint density at radius 1 is 0.659 bits per heavy atom. The van der Waals surface area contributed by atoms with E-state index in [1.165, 1.54) is 32.9 Å². The van der Waals surface area contributed by atoms with E-state index in [9.17, 15) is 42.1 Å². The number of nitrogens with zero attached hydrogens (tertiary/aromatic N) is 5. The van der Waals surface area contributed by atoms with Crippen molar-refractivity contribution in [3.05, 3.63) is 80.6 Å². The molecule has 0 radical (unpaired) electrons. The maximum absolute atomic E-state index is 13.6. The van der Waals surface area contributed by atoms with Gasteiger partial charge in [-0.05, 0) is 68.3 Å². The van der Waals surface area contributed by atoms with Crippen LogP contribution in [0.5, 0.6) is 0 Å². The summed E-state index contributed by atoms with van der Waals surface area (Å²) < 4.78 is 93.2. The number of rotatable bonds is 2. The fourth-order valence-corrected chi connectivity index (χ4v) is 3.94. The number of benzene rings is 2. The molecular formula is C28H15F6N5O2. The maximum atomic E-state index is 13.6. The van der Waals surface area contributed by atoms with Gasteiger partial charge in [0.2, 0.25) is 21.9 Å². The van der Waals surface area contributed by atoms with Crippen molar-refractivity contribution in [1.29, 1.82) is 15.8 Å². The highest BCUT2D eigenvalue weighted by atomic mass is 19.4. The number of halogens is 6. The molecule has 13 heteroatoms. The third kappa shape index (κ3) is 5.68. The first-order chi connectivity index (χ1) is 19.2. The maximum Gasteiger partial charge on any atom is 0.416 e. The van der Waals surface area contributed by atoms with Crippen molar-refractivity contribution in [2.45, 2.75) is 33.1 Å². The van der Waals surface area contributed by atoms with Gasteiger partial charge < -0.3 is 8.83 Å². The van der Waals surface area contributed by atoms with E-state index in [1.54, 1.807) is 12.1 Å². The normalized spacial score (nSPS) is 13.2. The Bertz CT molecular complexity index is 2030. The van der Waals surface area contributed by atoms with Crippen LogP contribution in [0, 0.1) is 58.7 Å². The minimum atomic E-state index is -4.75. The first kappa shape index (κ1) is 28.7. The molecule has 2 heterocycles. The molecule has 2 aromatic heterocycles. The van der Waals surface area contributed by atoms with Crippen molar-refractivity contribution in [3.63, 3.8) is 0 Å². The smallest absolute Gasteiger partial charge is 0.416 e. The van der Waals surface area contributed by atoms with Crippen LogP contribution in [-0.4, -0.2) is 9.97 Å². The first-order valence-corrected chi connectivity index (χ1v) is 11.5. The molecule has 0 spiro atoms. The summed E-state index contributed by atoms with van der Waals surface area (Å²) >= 11 is 0. The molecule has 0 saturated carbocycles. The van der Waals surface area contributed by atoms with E-state index in [4.69, 9.17) is 8.83 Å². The third-order valence-corrected chi connectivity index (χ3v) is 5.74. The van der Waals surface area contributed by atoms with Crippen molar-refractivity contribution < 1.29 is 35.2 Å². The highest BCUT2D eigenvalue weighted by Gasteiger charge is 2.33. The van der Waals surface area contributed by atoms with E-state index in [0.717, 1.165) is 24.3 Å². The number of aromatic nitrogens is 2. The van der Waals surface area contributed by atoms with E-state index in [1.807, 2.05) is 6.07 Å². The quantitative estimate of drug-likeness (QED) is 0.279. The Kier molecular flexibility index (Phi) is 7.21. The van der Waals surface area contributed by atoms with Gasteiger partial charge in [-0.2, -0.15) is 42.1 Å². The molecule has 0 aliphatic carbocycles. The molecule has 0 aliphatic heterocycles. The van der Waals surface area contributed by atoms with Crippen LogP contribution >= 0.6 is 0 Å². The van der Waals surface area contributed by atoms with Gasteiger partial charge >= 0.3 is 12.4 Å². The largest absolute Gasteiger partial charge is 0.432 e. The molecule has 0 N–H and O–H groups in total. The molecule has 0 saturated heterocycles. The molecule has 0 aliphatic rings. The summed E-state index contributed by atoms with van der Waals surface area (Å²) in [5, 5.41) is 28.1. The molecule has 0 bridgehead atoms. The van der Waals surface area contributed by atoms with Crippen molar-refractivity contribution in [2.24, 2.45) is 0 Å². The minimum absolute atomic E-state index is 0.0706. The Balaban J connectivity index is 2.30. The fraction of sp³-hybridized carbons (Fsp3) is 0.179. The van der Waals surface area contributed by atoms with Crippen molar-refractivity contribution in [2.75, 3.05) is 0 Å². The number of aryl methyl sites for hydroxylation is 2. The molecule has 0 fully saturated rings. The summed E-state index contributed by atoms with van der Waals surface area (Å²) in [7, 11) is 0. The lowest BCUT2D eigenvalue weighted by atomic mass is 10.0. The lowest BCUT2D eigenvalue weighted by molar-refractivity contribution is -0.138. The summed E-state index contributed by atoms with van der Waals surface area (Å²) in [6, 6.07) is 11.0. The van der Waals surface area contributed by atoms with Crippen LogP contribution < -0.4 is 11.1 Å². The van der Waals surface area contributed by atoms with Crippen molar-refractivity contribution >= 4 is 11.1 Å². The van der Waals surface area contributed by atoms with E-state index < -0.39 is 40.0 Å². The molecule has 4 rings (SSSR count). The topological polar surface area (TPSA) is 123 Å². The van der Waals surface area contributed by atoms with Crippen LogP contribution in [0.25, 0.3) is 33.7 Å². The van der Waals surface area contributed by atoms with Gasteiger partial charge in [-0.15, -0.1) is 0 Å². The van der Waals surface area contributed by atoms with E-state index in [-0.39, 0.29) is 50.2 Å². The Morgan fingerprint density at radius 3 is 1.46 bits per heavy atom. The number of hydrogen-bond acceptors (Lipinski definition) is 7. The summed E-state index contributed by atoms with van der Waals surface area (Å²) in [5.41, 5.74) is -4.86. The third-order valence-electron chi connectivity index (χ3n) is 5.74. The lowest BCUT2D eigenvalue weighted by Gasteiger charge is -2.10. The van der Waals surface area contributed by atoms with Gasteiger partial charge in [-0.1, -0.05) is 0 Å². The van der Waals surface area contributed by atoms with Crippen molar-refractivity contribution in [1.82, 2.24) is 9.97 Å². The highest BCUT2D eigenvalue weighted by molar-refractivity contribution is 5.71. The van der Waals surface area contributed by atoms with E-state index in [2.05, 4.69) is 9.97 Å². The predicted octanol–water partition coefficient (Wildman–Crippen LogP) is 5.83. The fourth-order valence-electron chi connectivity index (χ4n) is 3.94. The average Bonchev–Trinajstić information content (AvgIpc) is 3.52. The zero-order valence-electron chi connectivity index (χ0n) is 21.3. The molecular weight excluding hydrogens is 552 g/mol. The molecule has 41 heavy (non-hydrogen) atoms. The summed E-state index contributed by atoms with van der Waals surface area (Å²) in [6.07, 6.45) is -9.48. The van der Waals surface area contributed by atoms with Gasteiger partial charge in [-0.25, -0.2) is 9.97 Å². The molecule has 7 nitrogen and oxygen atoms in total. The van der Waals surface area contributed by atoms with Crippen LogP contribution in [0.3, 0.4) is 0 Å². The predicted molar refractivity (Wildman–Crippen MR) is 130 cm³/mol. The second-order valence-electron chi connectivity index (χ2n) is 8.90. The molecule has 206 valence electrons. The molecule has 0 atom stereocenters. The Labute approximate surface area is 226 Å². The van der Waals surface area contributed by atoms with Crippen LogP contribution in [0.4, 0.5) is 26.3 Å². The Hall–Kier alpha value is -5.35. The Morgan fingerprint density at radius 2 is 1.07 bits per heavy atom. The number of nitriles is 3. The second-order valence-corrected chi connectivity index (χ2v) is 8.90. The van der Waals surface area contributed by atoms with Gasteiger partial charge in [0, 0.05) is 11.1 Å². The SMILES string of the molecule is C/C(C#N)=c1\nc(-c2cc(C)cc(C(F)(F)F)c2)/c(=c2\oc(=C(C#N)C#N)nc2-c2cc(C)cc(C(F)(F)F)c2)o1. The molecule has 2 aromatic carbocycles. The summed E-state index contributed by atoms with van der Waals surface area (Å²) in [6.45, 7) is 4.14. The van der Waals surface area contributed by atoms with Crippen molar-refractivity contribution in [3.8, 4) is 40.7 Å². The number of hydrogen-bond donors (Lipinski definition) is 0. The zero-order chi connectivity index (χ0) is 30.3. The highest BCUT2D eigenvalue weighted by Crippen LogP contribution is 2.35. The zero-order valence-corrected chi connectivity index (χ0v) is 21.3. The molecule has 0 unspecified atom stereocenters. The van der Waals surface area contributed by atoms with Gasteiger partial charge in [0.05, 0.1) is 16.7 Å². The molecule has 4 aromatic rings.